The Bertz CT molecular complexity index is 375. The summed E-state index contributed by atoms with van der Waals surface area (Å²) in [7, 11) is 0. The third kappa shape index (κ3) is 1.92. The predicted octanol–water partition coefficient (Wildman–Crippen LogP) is 3.27. The van der Waals surface area contributed by atoms with Gasteiger partial charge in [-0.1, -0.05) is 31.2 Å². The van der Waals surface area contributed by atoms with Gasteiger partial charge in [-0.25, -0.2) is 0 Å². The van der Waals surface area contributed by atoms with Crippen LogP contribution in [0.5, 0.6) is 0 Å². The molecule has 1 aliphatic rings. The molecule has 0 spiro atoms. The molecule has 0 saturated carbocycles. The van der Waals surface area contributed by atoms with E-state index in [1.807, 2.05) is 11.3 Å². The molecule has 0 saturated heterocycles. The standard InChI is InChI=1S/C13H16OS/c1-2-13(12-4-3-9-15-12)7-5-11(10-14)6-8-13/h3-7,9,14H,2,8,10H2,1H3. The zero-order valence-electron chi connectivity index (χ0n) is 8.94. The second-order valence-corrected chi connectivity index (χ2v) is 4.91. The predicted molar refractivity (Wildman–Crippen MR) is 65.2 cm³/mol. The Morgan fingerprint density at radius 1 is 1.53 bits per heavy atom. The van der Waals surface area contributed by atoms with E-state index in [0.29, 0.717) is 0 Å². The quantitative estimate of drug-likeness (QED) is 0.829. The third-order valence-corrected chi connectivity index (χ3v) is 4.26. The minimum Gasteiger partial charge on any atom is -0.392 e. The molecule has 1 aromatic heterocycles. The summed E-state index contributed by atoms with van der Waals surface area (Å²) in [5, 5.41) is 11.2. The van der Waals surface area contributed by atoms with Crippen molar-refractivity contribution in [2.75, 3.05) is 6.61 Å². The molecule has 0 amide bonds. The van der Waals surface area contributed by atoms with E-state index in [9.17, 15) is 0 Å². The summed E-state index contributed by atoms with van der Waals surface area (Å²) >= 11 is 1.82. The van der Waals surface area contributed by atoms with Crippen LogP contribution in [0.3, 0.4) is 0 Å². The first-order valence-electron chi connectivity index (χ1n) is 5.34. The van der Waals surface area contributed by atoms with Crippen molar-refractivity contribution in [3.05, 3.63) is 46.2 Å². The number of aliphatic hydroxyl groups is 1. The fraction of sp³-hybridized carbons (Fsp3) is 0.385. The van der Waals surface area contributed by atoms with Crippen LogP contribution < -0.4 is 0 Å². The van der Waals surface area contributed by atoms with Crippen LogP contribution in [0, 0.1) is 0 Å². The molecule has 80 valence electrons. The lowest BCUT2D eigenvalue weighted by Crippen LogP contribution is -2.22. The third-order valence-electron chi connectivity index (χ3n) is 3.17. The van der Waals surface area contributed by atoms with Gasteiger partial charge in [0.15, 0.2) is 0 Å². The van der Waals surface area contributed by atoms with Crippen LogP contribution in [0.15, 0.2) is 41.3 Å². The lowest BCUT2D eigenvalue weighted by atomic mass is 9.77. The summed E-state index contributed by atoms with van der Waals surface area (Å²) < 4.78 is 0. The second-order valence-electron chi connectivity index (χ2n) is 3.96. The maximum absolute atomic E-state index is 9.05. The highest BCUT2D eigenvalue weighted by Crippen LogP contribution is 2.39. The van der Waals surface area contributed by atoms with Crippen molar-refractivity contribution < 1.29 is 5.11 Å². The summed E-state index contributed by atoms with van der Waals surface area (Å²) in [6, 6.07) is 4.31. The molecule has 1 N–H and O–H groups in total. The van der Waals surface area contributed by atoms with Gasteiger partial charge in [0.05, 0.1) is 6.61 Å². The van der Waals surface area contributed by atoms with E-state index in [4.69, 9.17) is 5.11 Å². The molecule has 1 atom stereocenters. The Labute approximate surface area is 94.8 Å². The first-order valence-corrected chi connectivity index (χ1v) is 6.22. The molecule has 0 fully saturated rings. The number of hydrogen-bond donors (Lipinski definition) is 1. The highest BCUT2D eigenvalue weighted by molar-refractivity contribution is 7.10. The Morgan fingerprint density at radius 2 is 2.40 bits per heavy atom. The molecule has 15 heavy (non-hydrogen) atoms. The van der Waals surface area contributed by atoms with Crippen LogP contribution in [0.4, 0.5) is 0 Å². The molecule has 1 nitrogen and oxygen atoms in total. The minimum absolute atomic E-state index is 0.154. The van der Waals surface area contributed by atoms with Gasteiger partial charge < -0.3 is 5.11 Å². The summed E-state index contributed by atoms with van der Waals surface area (Å²) in [5.74, 6) is 0. The Hall–Kier alpha value is -0.860. The van der Waals surface area contributed by atoms with Crippen LogP contribution in [0.2, 0.25) is 0 Å². The number of hydrogen-bond acceptors (Lipinski definition) is 2. The van der Waals surface area contributed by atoms with Crippen LogP contribution in [-0.4, -0.2) is 11.7 Å². The van der Waals surface area contributed by atoms with E-state index < -0.39 is 0 Å². The Balaban J connectivity index is 2.28. The van der Waals surface area contributed by atoms with Crippen molar-refractivity contribution in [1.82, 2.24) is 0 Å². The maximum Gasteiger partial charge on any atom is 0.0678 e. The number of aliphatic hydroxyl groups excluding tert-OH is 1. The zero-order chi connectivity index (χ0) is 10.7. The number of rotatable bonds is 3. The molecular formula is C13H16OS. The highest BCUT2D eigenvalue weighted by Gasteiger charge is 2.29. The van der Waals surface area contributed by atoms with Crippen LogP contribution >= 0.6 is 11.3 Å². The van der Waals surface area contributed by atoms with E-state index >= 15 is 0 Å². The molecule has 2 rings (SSSR count). The van der Waals surface area contributed by atoms with Crippen LogP contribution in [0.25, 0.3) is 0 Å². The van der Waals surface area contributed by atoms with Gasteiger partial charge >= 0.3 is 0 Å². The molecule has 0 radical (unpaired) electrons. The van der Waals surface area contributed by atoms with E-state index in [0.717, 1.165) is 18.4 Å². The molecule has 1 heterocycles. The lowest BCUT2D eigenvalue weighted by Gasteiger charge is -2.30. The van der Waals surface area contributed by atoms with Gasteiger partial charge in [-0.15, -0.1) is 11.3 Å². The van der Waals surface area contributed by atoms with Crippen molar-refractivity contribution in [3.63, 3.8) is 0 Å². The monoisotopic (exact) mass is 220 g/mol. The number of thiophene rings is 1. The van der Waals surface area contributed by atoms with Gasteiger partial charge in [0, 0.05) is 10.3 Å². The van der Waals surface area contributed by atoms with E-state index in [1.165, 1.54) is 4.88 Å². The summed E-state index contributed by atoms with van der Waals surface area (Å²) in [6.45, 7) is 2.38. The minimum atomic E-state index is 0.154. The molecule has 0 aliphatic heterocycles. The highest BCUT2D eigenvalue weighted by atomic mass is 32.1. The van der Waals surface area contributed by atoms with E-state index in [-0.39, 0.29) is 12.0 Å². The van der Waals surface area contributed by atoms with Crippen molar-refractivity contribution in [3.8, 4) is 0 Å². The average Bonchev–Trinajstić information content (AvgIpc) is 2.83. The molecule has 2 heteroatoms. The summed E-state index contributed by atoms with van der Waals surface area (Å²) in [5.41, 5.74) is 1.21. The van der Waals surface area contributed by atoms with Gasteiger partial charge in [-0.3, -0.25) is 0 Å². The van der Waals surface area contributed by atoms with Crippen LogP contribution in [0.1, 0.15) is 24.6 Å². The van der Waals surface area contributed by atoms with Crippen molar-refractivity contribution >= 4 is 11.3 Å². The Kier molecular flexibility index (Phi) is 3.08. The van der Waals surface area contributed by atoms with Crippen molar-refractivity contribution in [2.45, 2.75) is 25.2 Å². The zero-order valence-corrected chi connectivity index (χ0v) is 9.76. The topological polar surface area (TPSA) is 20.2 Å². The summed E-state index contributed by atoms with van der Waals surface area (Å²) in [6.07, 6.45) is 8.59. The van der Waals surface area contributed by atoms with Crippen LogP contribution in [-0.2, 0) is 5.41 Å². The Morgan fingerprint density at radius 3 is 2.87 bits per heavy atom. The SMILES string of the molecule is CCC1(c2cccs2)C=CC(CO)=CC1. The second kappa shape index (κ2) is 4.33. The average molecular weight is 220 g/mol. The molecule has 1 aromatic rings. The largest absolute Gasteiger partial charge is 0.392 e. The smallest absolute Gasteiger partial charge is 0.0678 e. The maximum atomic E-state index is 9.05. The van der Waals surface area contributed by atoms with Crippen molar-refractivity contribution in [1.29, 1.82) is 0 Å². The fourth-order valence-corrected chi connectivity index (χ4v) is 3.01. The first kappa shape index (κ1) is 10.7. The van der Waals surface area contributed by atoms with E-state index in [1.54, 1.807) is 0 Å². The molecular weight excluding hydrogens is 204 g/mol. The normalized spacial score (nSPS) is 25.3. The number of allylic oxidation sites excluding steroid dienone is 2. The first-order chi connectivity index (χ1) is 7.30. The molecule has 0 bridgehead atoms. The van der Waals surface area contributed by atoms with Crippen molar-refractivity contribution in [2.24, 2.45) is 0 Å². The van der Waals surface area contributed by atoms with E-state index in [2.05, 4.69) is 42.7 Å². The van der Waals surface area contributed by atoms with Gasteiger partial charge in [-0.2, -0.15) is 0 Å². The fourth-order valence-electron chi connectivity index (χ4n) is 2.01. The summed E-state index contributed by atoms with van der Waals surface area (Å²) in [4.78, 5) is 1.43. The van der Waals surface area contributed by atoms with Gasteiger partial charge in [0.1, 0.15) is 0 Å². The lowest BCUT2D eigenvalue weighted by molar-refractivity contribution is 0.332. The molecule has 1 unspecified atom stereocenters. The van der Waals surface area contributed by atoms with Gasteiger partial charge in [-0.05, 0) is 29.9 Å². The molecule has 0 aromatic carbocycles. The van der Waals surface area contributed by atoms with Gasteiger partial charge in [0.2, 0.25) is 0 Å². The molecule has 1 aliphatic carbocycles. The van der Waals surface area contributed by atoms with Gasteiger partial charge in [0.25, 0.3) is 0 Å².